The Kier molecular flexibility index (Phi) is 4.78. The first kappa shape index (κ1) is 20.5. The maximum absolute atomic E-state index is 13.7. The fourth-order valence-corrected chi connectivity index (χ4v) is 7.70. The van der Waals surface area contributed by atoms with Gasteiger partial charge in [0, 0.05) is 17.3 Å². The molecule has 4 heteroatoms. The van der Waals surface area contributed by atoms with E-state index in [1.165, 1.54) is 43.4 Å². The maximum Gasteiger partial charge on any atom is 0.272 e. The highest BCUT2D eigenvalue weighted by Crippen LogP contribution is 2.53. The van der Waals surface area contributed by atoms with Gasteiger partial charge in [-0.15, -0.1) is 0 Å². The second-order valence-electron chi connectivity index (χ2n) is 12.3. The van der Waals surface area contributed by atoms with Crippen molar-refractivity contribution in [2.24, 2.45) is 35.0 Å². The molecule has 170 valence electrons. The minimum absolute atomic E-state index is 0.0722. The van der Waals surface area contributed by atoms with Gasteiger partial charge < -0.3 is 5.32 Å². The van der Waals surface area contributed by atoms with Crippen molar-refractivity contribution >= 4 is 5.91 Å². The van der Waals surface area contributed by atoms with E-state index in [9.17, 15) is 4.79 Å². The van der Waals surface area contributed by atoms with Gasteiger partial charge in [-0.25, -0.2) is 4.68 Å². The highest BCUT2D eigenvalue weighted by Gasteiger charge is 2.49. The first-order valence-corrected chi connectivity index (χ1v) is 12.8. The molecule has 5 aliphatic carbocycles. The first-order chi connectivity index (χ1) is 15.4. The lowest BCUT2D eigenvalue weighted by atomic mass is 9.54. The van der Waals surface area contributed by atoms with Gasteiger partial charge in [0.1, 0.15) is 0 Å². The molecule has 1 heterocycles. The summed E-state index contributed by atoms with van der Waals surface area (Å²) >= 11 is 0. The Balaban J connectivity index is 1.33. The molecule has 4 bridgehead atoms. The van der Waals surface area contributed by atoms with Crippen molar-refractivity contribution < 1.29 is 4.79 Å². The molecule has 4 fully saturated rings. The van der Waals surface area contributed by atoms with Gasteiger partial charge in [0.15, 0.2) is 5.69 Å². The molecule has 32 heavy (non-hydrogen) atoms. The van der Waals surface area contributed by atoms with Crippen molar-refractivity contribution in [3.8, 4) is 5.69 Å². The molecular weight excluding hydrogens is 394 g/mol. The van der Waals surface area contributed by atoms with Gasteiger partial charge >= 0.3 is 0 Å². The number of carbonyl (C=O) groups excluding carboxylic acids is 1. The summed E-state index contributed by atoms with van der Waals surface area (Å²) in [4.78, 5) is 13.7. The Morgan fingerprint density at radius 2 is 1.66 bits per heavy atom. The molecule has 1 amide bonds. The van der Waals surface area contributed by atoms with Crippen LogP contribution in [0.1, 0.15) is 81.0 Å². The molecule has 0 spiro atoms. The third-order valence-electron chi connectivity index (χ3n) is 9.24. The highest BCUT2D eigenvalue weighted by atomic mass is 16.2. The molecule has 0 radical (unpaired) electrons. The van der Waals surface area contributed by atoms with E-state index >= 15 is 0 Å². The van der Waals surface area contributed by atoms with Gasteiger partial charge in [0.05, 0.1) is 5.69 Å². The zero-order valence-corrected chi connectivity index (χ0v) is 19.8. The van der Waals surface area contributed by atoms with E-state index in [0.29, 0.717) is 29.5 Å². The molecule has 5 aliphatic rings. The quantitative estimate of drug-likeness (QED) is 0.690. The molecule has 0 aliphatic heterocycles. The van der Waals surface area contributed by atoms with E-state index in [1.807, 2.05) is 6.07 Å². The van der Waals surface area contributed by atoms with Gasteiger partial charge in [0.25, 0.3) is 5.91 Å². The van der Waals surface area contributed by atoms with E-state index in [2.05, 4.69) is 55.0 Å². The van der Waals surface area contributed by atoms with Gasteiger partial charge in [-0.05, 0) is 98.5 Å². The summed E-state index contributed by atoms with van der Waals surface area (Å²) in [6.45, 7) is 7.00. The summed E-state index contributed by atoms with van der Waals surface area (Å²) in [5.41, 5.74) is 4.42. The number of para-hydroxylation sites is 1. The lowest BCUT2D eigenvalue weighted by Gasteiger charge is -2.54. The fourth-order valence-electron chi connectivity index (χ4n) is 7.70. The van der Waals surface area contributed by atoms with E-state index in [-0.39, 0.29) is 11.3 Å². The lowest BCUT2D eigenvalue weighted by Crippen LogP contribution is -2.56. The van der Waals surface area contributed by atoms with Crippen LogP contribution < -0.4 is 5.32 Å². The van der Waals surface area contributed by atoms with E-state index in [0.717, 1.165) is 36.8 Å². The van der Waals surface area contributed by atoms with Crippen LogP contribution in [0.2, 0.25) is 0 Å². The van der Waals surface area contributed by atoms with Crippen LogP contribution in [0.4, 0.5) is 0 Å². The van der Waals surface area contributed by atoms with Gasteiger partial charge in [-0.2, -0.15) is 5.10 Å². The van der Waals surface area contributed by atoms with Gasteiger partial charge in [-0.1, -0.05) is 39.0 Å². The van der Waals surface area contributed by atoms with Gasteiger partial charge in [0.2, 0.25) is 0 Å². The van der Waals surface area contributed by atoms with Crippen molar-refractivity contribution in [2.45, 2.75) is 78.2 Å². The number of benzene rings is 1. The van der Waals surface area contributed by atoms with Crippen molar-refractivity contribution in [1.29, 1.82) is 0 Å². The van der Waals surface area contributed by atoms with Crippen molar-refractivity contribution in [3.63, 3.8) is 0 Å². The molecule has 4 saturated carbocycles. The lowest BCUT2D eigenvalue weighted by molar-refractivity contribution is -0.0120. The molecule has 1 unspecified atom stereocenters. The maximum atomic E-state index is 13.7. The minimum Gasteiger partial charge on any atom is -0.347 e. The molecule has 1 atom stereocenters. The zero-order valence-electron chi connectivity index (χ0n) is 19.8. The number of hydrogen-bond donors (Lipinski definition) is 1. The largest absolute Gasteiger partial charge is 0.347 e. The van der Waals surface area contributed by atoms with Gasteiger partial charge in [-0.3, -0.25) is 4.79 Å². The number of nitrogens with zero attached hydrogens (tertiary/aromatic N) is 2. The Labute approximate surface area is 192 Å². The van der Waals surface area contributed by atoms with Crippen LogP contribution in [0.25, 0.3) is 5.69 Å². The second kappa shape index (κ2) is 7.46. The molecule has 1 aromatic heterocycles. The molecule has 2 aromatic rings. The van der Waals surface area contributed by atoms with E-state index in [4.69, 9.17) is 5.10 Å². The van der Waals surface area contributed by atoms with Crippen molar-refractivity contribution in [1.82, 2.24) is 15.1 Å². The van der Waals surface area contributed by atoms with Crippen LogP contribution in [0.5, 0.6) is 0 Å². The summed E-state index contributed by atoms with van der Waals surface area (Å²) in [5.74, 6) is 3.86. The number of hydrogen-bond acceptors (Lipinski definition) is 2. The fraction of sp³-hybridized carbons (Fsp3) is 0.643. The predicted molar refractivity (Wildman–Crippen MR) is 127 cm³/mol. The minimum atomic E-state index is 0.0722. The molecule has 0 saturated heterocycles. The third kappa shape index (κ3) is 3.41. The Morgan fingerprint density at radius 1 is 1.00 bits per heavy atom. The Hall–Kier alpha value is -2.10. The first-order valence-electron chi connectivity index (χ1n) is 12.8. The molecule has 7 rings (SSSR count). The molecule has 1 N–H and O–H groups in total. The summed E-state index contributed by atoms with van der Waals surface area (Å²) in [6, 6.07) is 10.7. The number of rotatable bonds is 3. The monoisotopic (exact) mass is 431 g/mol. The normalized spacial score (nSPS) is 33.2. The number of aromatic nitrogens is 2. The van der Waals surface area contributed by atoms with Crippen LogP contribution >= 0.6 is 0 Å². The van der Waals surface area contributed by atoms with Crippen LogP contribution in [0.3, 0.4) is 0 Å². The second-order valence-corrected chi connectivity index (χ2v) is 12.3. The smallest absolute Gasteiger partial charge is 0.272 e. The zero-order chi connectivity index (χ0) is 22.0. The summed E-state index contributed by atoms with van der Waals surface area (Å²) < 4.78 is 2.06. The summed E-state index contributed by atoms with van der Waals surface area (Å²) in [6.07, 6.45) is 9.82. The number of carbonyl (C=O) groups is 1. The average Bonchev–Trinajstić information content (AvgIpc) is 3.15. The van der Waals surface area contributed by atoms with Crippen LogP contribution in [-0.4, -0.2) is 21.7 Å². The van der Waals surface area contributed by atoms with Crippen molar-refractivity contribution in [3.05, 3.63) is 47.3 Å². The van der Waals surface area contributed by atoms with Crippen LogP contribution in [0, 0.1) is 35.0 Å². The SMILES string of the molecule is CC(C)(C)C1CCc2c(c(C(=O)NC3C4CC5CC(C4)CC3C5)nn2-c2ccccc2)C1. The topological polar surface area (TPSA) is 46.9 Å². The predicted octanol–water partition coefficient (Wildman–Crippen LogP) is 5.58. The molecule has 4 nitrogen and oxygen atoms in total. The molecular formula is C28H37N3O. The van der Waals surface area contributed by atoms with E-state index < -0.39 is 0 Å². The highest BCUT2D eigenvalue weighted by molar-refractivity contribution is 5.94. The van der Waals surface area contributed by atoms with Crippen LogP contribution in [0.15, 0.2) is 30.3 Å². The van der Waals surface area contributed by atoms with Crippen LogP contribution in [-0.2, 0) is 12.8 Å². The average molecular weight is 432 g/mol. The van der Waals surface area contributed by atoms with E-state index in [1.54, 1.807) is 0 Å². The number of amides is 1. The Bertz CT molecular complexity index is 987. The summed E-state index contributed by atoms with van der Waals surface area (Å²) in [7, 11) is 0. The molecule has 1 aromatic carbocycles. The number of nitrogens with one attached hydrogen (secondary N) is 1. The third-order valence-corrected chi connectivity index (χ3v) is 9.24. The standard InChI is InChI=1S/C28H37N3O/c1-28(2,3)21-9-10-24-23(16-21)26(30-31(24)22-7-5-4-6-8-22)27(32)29-25-19-12-17-11-18(14-19)15-20(25)13-17/h4-8,17-21,25H,9-16H2,1-3H3,(H,29,32). The summed E-state index contributed by atoms with van der Waals surface area (Å²) in [5, 5.41) is 8.50. The van der Waals surface area contributed by atoms with Crippen molar-refractivity contribution in [2.75, 3.05) is 0 Å². The Morgan fingerprint density at radius 3 is 2.28 bits per heavy atom. The number of fused-ring (bicyclic) bond motifs is 1.